The summed E-state index contributed by atoms with van der Waals surface area (Å²) in [4.78, 5) is 11.6. The fourth-order valence-electron chi connectivity index (χ4n) is 2.16. The molecule has 0 spiro atoms. The zero-order valence-electron chi connectivity index (χ0n) is 13.6. The highest BCUT2D eigenvalue weighted by Crippen LogP contribution is 2.17. The van der Waals surface area contributed by atoms with Gasteiger partial charge in [0.2, 0.25) is 0 Å². The van der Waals surface area contributed by atoms with Gasteiger partial charge in [-0.3, -0.25) is 4.79 Å². The first-order chi connectivity index (χ1) is 11.4. The molecule has 0 aliphatic rings. The summed E-state index contributed by atoms with van der Waals surface area (Å²) in [6.07, 6.45) is 0. The second-order valence-corrected chi connectivity index (χ2v) is 5.39. The van der Waals surface area contributed by atoms with Crippen molar-refractivity contribution in [2.75, 3.05) is 19.8 Å². The summed E-state index contributed by atoms with van der Waals surface area (Å²) in [6.45, 7) is 4.20. The van der Waals surface area contributed by atoms with Crippen LogP contribution < -0.4 is 14.8 Å². The Morgan fingerprint density at radius 1 is 1.04 bits per heavy atom. The maximum Gasteiger partial charge on any atom is 0.258 e. The molecule has 2 aromatic carbocycles. The average Bonchev–Trinajstić information content (AvgIpc) is 2.50. The van der Waals surface area contributed by atoms with E-state index in [4.69, 9.17) is 9.47 Å². The zero-order valence-corrected chi connectivity index (χ0v) is 13.6. The summed E-state index contributed by atoms with van der Waals surface area (Å²) in [5, 5.41) is 2.60. The van der Waals surface area contributed by atoms with Gasteiger partial charge in [0.1, 0.15) is 18.2 Å². The number of amides is 1. The molecule has 6 heteroatoms. The molecule has 0 aliphatic heterocycles. The number of carbonyl (C=O) groups is 1. The molecule has 0 aromatic heterocycles. The van der Waals surface area contributed by atoms with Crippen LogP contribution in [0.25, 0.3) is 0 Å². The van der Waals surface area contributed by atoms with Crippen LogP contribution in [-0.2, 0) is 4.79 Å². The highest BCUT2D eigenvalue weighted by Gasteiger charge is 2.07. The lowest BCUT2D eigenvalue weighted by Gasteiger charge is -2.10. The van der Waals surface area contributed by atoms with Crippen LogP contribution in [0.1, 0.15) is 11.1 Å². The molecule has 2 rings (SSSR count). The molecule has 2 aromatic rings. The van der Waals surface area contributed by atoms with E-state index in [0.29, 0.717) is 19.2 Å². The van der Waals surface area contributed by atoms with Crippen molar-refractivity contribution in [1.82, 2.24) is 5.32 Å². The molecular formula is C18H19F2NO3. The van der Waals surface area contributed by atoms with Crippen molar-refractivity contribution >= 4 is 5.91 Å². The standard InChI is InChI=1S/C18H19F2NO3/c1-12-7-13(2)9-15(8-12)23-6-5-21-18(22)11-24-17-4-3-14(19)10-16(17)20/h3-4,7-10H,5-6,11H2,1-2H3,(H,21,22). The van der Waals surface area contributed by atoms with E-state index in [1.807, 2.05) is 32.0 Å². The van der Waals surface area contributed by atoms with Crippen molar-refractivity contribution < 1.29 is 23.0 Å². The van der Waals surface area contributed by atoms with E-state index in [1.54, 1.807) is 0 Å². The predicted octanol–water partition coefficient (Wildman–Crippen LogP) is 3.16. The fourth-order valence-corrected chi connectivity index (χ4v) is 2.16. The van der Waals surface area contributed by atoms with Crippen LogP contribution in [-0.4, -0.2) is 25.7 Å². The number of nitrogens with one attached hydrogen (secondary N) is 1. The first-order valence-corrected chi connectivity index (χ1v) is 7.49. The van der Waals surface area contributed by atoms with Gasteiger partial charge in [-0.05, 0) is 49.2 Å². The Hall–Kier alpha value is -2.63. The summed E-state index contributed by atoms with van der Waals surface area (Å²) in [6, 6.07) is 8.77. The minimum Gasteiger partial charge on any atom is -0.492 e. The maximum atomic E-state index is 13.3. The van der Waals surface area contributed by atoms with E-state index in [0.717, 1.165) is 29.0 Å². The summed E-state index contributed by atoms with van der Waals surface area (Å²) >= 11 is 0. The molecule has 0 aliphatic carbocycles. The Balaban J connectivity index is 1.69. The fraction of sp³-hybridized carbons (Fsp3) is 0.278. The number of hydrogen-bond donors (Lipinski definition) is 1. The minimum absolute atomic E-state index is 0.168. The zero-order chi connectivity index (χ0) is 17.5. The molecular weight excluding hydrogens is 316 g/mol. The largest absolute Gasteiger partial charge is 0.492 e. The Morgan fingerprint density at radius 3 is 2.42 bits per heavy atom. The Morgan fingerprint density at radius 2 is 1.75 bits per heavy atom. The molecule has 0 atom stereocenters. The second-order valence-electron chi connectivity index (χ2n) is 5.39. The molecule has 0 saturated carbocycles. The van der Waals surface area contributed by atoms with E-state index in [2.05, 4.69) is 5.32 Å². The first-order valence-electron chi connectivity index (χ1n) is 7.49. The molecule has 0 heterocycles. The minimum atomic E-state index is -0.846. The number of halogens is 2. The molecule has 1 N–H and O–H groups in total. The van der Waals surface area contributed by atoms with Gasteiger partial charge in [0, 0.05) is 6.07 Å². The molecule has 0 fully saturated rings. The van der Waals surface area contributed by atoms with Gasteiger partial charge in [-0.2, -0.15) is 0 Å². The lowest BCUT2D eigenvalue weighted by Crippen LogP contribution is -2.32. The summed E-state index contributed by atoms with van der Waals surface area (Å²) in [7, 11) is 0. The van der Waals surface area contributed by atoms with Gasteiger partial charge in [-0.1, -0.05) is 6.07 Å². The number of rotatable bonds is 7. The maximum absolute atomic E-state index is 13.3. The third kappa shape index (κ3) is 5.53. The summed E-state index contributed by atoms with van der Waals surface area (Å²) in [5.74, 6) is -1.39. The molecule has 1 amide bonds. The van der Waals surface area contributed by atoms with Gasteiger partial charge in [0.25, 0.3) is 5.91 Å². The molecule has 24 heavy (non-hydrogen) atoms. The second kappa shape index (κ2) is 8.29. The molecule has 0 radical (unpaired) electrons. The van der Waals surface area contributed by atoms with Gasteiger partial charge < -0.3 is 14.8 Å². The van der Waals surface area contributed by atoms with Crippen molar-refractivity contribution in [1.29, 1.82) is 0 Å². The van der Waals surface area contributed by atoms with Gasteiger partial charge in [-0.25, -0.2) is 8.78 Å². The first kappa shape index (κ1) is 17.7. The molecule has 128 valence electrons. The number of benzene rings is 2. The van der Waals surface area contributed by atoms with Crippen LogP contribution >= 0.6 is 0 Å². The van der Waals surface area contributed by atoms with Crippen molar-refractivity contribution in [2.45, 2.75) is 13.8 Å². The van der Waals surface area contributed by atoms with E-state index in [1.165, 1.54) is 0 Å². The lowest BCUT2D eigenvalue weighted by molar-refractivity contribution is -0.123. The predicted molar refractivity (Wildman–Crippen MR) is 86.3 cm³/mol. The summed E-state index contributed by atoms with van der Waals surface area (Å²) in [5.41, 5.74) is 2.20. The topological polar surface area (TPSA) is 47.6 Å². The van der Waals surface area contributed by atoms with Gasteiger partial charge in [0.05, 0.1) is 6.54 Å². The van der Waals surface area contributed by atoms with E-state index >= 15 is 0 Å². The van der Waals surface area contributed by atoms with Crippen LogP contribution in [0.4, 0.5) is 8.78 Å². The highest BCUT2D eigenvalue weighted by molar-refractivity contribution is 5.77. The normalized spacial score (nSPS) is 10.3. The van der Waals surface area contributed by atoms with Crippen LogP contribution in [0.15, 0.2) is 36.4 Å². The average molecular weight is 335 g/mol. The quantitative estimate of drug-likeness (QED) is 0.791. The van der Waals surface area contributed by atoms with Crippen molar-refractivity contribution in [2.24, 2.45) is 0 Å². The van der Waals surface area contributed by atoms with E-state index in [9.17, 15) is 13.6 Å². The Labute approximate surface area is 139 Å². The third-order valence-corrected chi connectivity index (χ3v) is 3.14. The van der Waals surface area contributed by atoms with Crippen LogP contribution in [0.3, 0.4) is 0 Å². The Kier molecular flexibility index (Phi) is 6.12. The smallest absolute Gasteiger partial charge is 0.258 e. The Bertz CT molecular complexity index is 699. The monoisotopic (exact) mass is 335 g/mol. The van der Waals surface area contributed by atoms with E-state index in [-0.39, 0.29) is 12.4 Å². The van der Waals surface area contributed by atoms with Crippen LogP contribution in [0, 0.1) is 25.5 Å². The van der Waals surface area contributed by atoms with Crippen molar-refractivity contribution in [3.8, 4) is 11.5 Å². The SMILES string of the molecule is Cc1cc(C)cc(OCCNC(=O)COc2ccc(F)cc2F)c1. The van der Waals surface area contributed by atoms with Gasteiger partial charge in [-0.15, -0.1) is 0 Å². The number of hydrogen-bond acceptors (Lipinski definition) is 3. The lowest BCUT2D eigenvalue weighted by atomic mass is 10.1. The third-order valence-electron chi connectivity index (χ3n) is 3.14. The molecule has 0 saturated heterocycles. The van der Waals surface area contributed by atoms with Gasteiger partial charge in [0.15, 0.2) is 18.2 Å². The number of aryl methyl sites for hydroxylation is 2. The van der Waals surface area contributed by atoms with Crippen molar-refractivity contribution in [3.05, 3.63) is 59.2 Å². The van der Waals surface area contributed by atoms with Crippen LogP contribution in [0.2, 0.25) is 0 Å². The molecule has 4 nitrogen and oxygen atoms in total. The van der Waals surface area contributed by atoms with Crippen molar-refractivity contribution in [3.63, 3.8) is 0 Å². The highest BCUT2D eigenvalue weighted by atomic mass is 19.1. The number of carbonyl (C=O) groups excluding carboxylic acids is 1. The molecule has 0 bridgehead atoms. The molecule has 0 unspecified atom stereocenters. The number of ether oxygens (including phenoxy) is 2. The van der Waals surface area contributed by atoms with Crippen LogP contribution in [0.5, 0.6) is 11.5 Å². The van der Waals surface area contributed by atoms with Gasteiger partial charge >= 0.3 is 0 Å². The van der Waals surface area contributed by atoms with E-state index < -0.39 is 17.5 Å². The summed E-state index contributed by atoms with van der Waals surface area (Å²) < 4.78 is 36.7.